The minimum atomic E-state index is -0.508. The molecular formula is C62H46N2. The Hall–Kier alpha value is -8.20. The van der Waals surface area contributed by atoms with Crippen molar-refractivity contribution >= 4 is 34.0 Å². The van der Waals surface area contributed by atoms with E-state index in [0.717, 1.165) is 57.2 Å². The van der Waals surface area contributed by atoms with E-state index in [-0.39, 0.29) is 0 Å². The summed E-state index contributed by atoms with van der Waals surface area (Å²) < 4.78 is 0. The zero-order valence-electron chi connectivity index (χ0n) is 35.6. The van der Waals surface area contributed by atoms with E-state index < -0.39 is 5.41 Å². The lowest BCUT2D eigenvalue weighted by Gasteiger charge is -2.35. The summed E-state index contributed by atoms with van der Waals surface area (Å²) >= 11 is 0. The predicted molar refractivity (Wildman–Crippen MR) is 270 cm³/mol. The number of hydrogen-bond acceptors (Lipinski definition) is 2. The molecule has 1 aliphatic carbocycles. The molecule has 2 aliphatic rings. The molecule has 0 fully saturated rings. The van der Waals surface area contributed by atoms with Gasteiger partial charge in [0.2, 0.25) is 0 Å². The molecule has 0 saturated carbocycles. The molecule has 9 aromatic carbocycles. The summed E-state index contributed by atoms with van der Waals surface area (Å²) in [7, 11) is 0. The smallest absolute Gasteiger partial charge is 0.0714 e. The van der Waals surface area contributed by atoms with Crippen LogP contribution in [0.3, 0.4) is 0 Å². The van der Waals surface area contributed by atoms with Crippen LogP contribution in [0, 0.1) is 0 Å². The van der Waals surface area contributed by atoms with Gasteiger partial charge in [-0.1, -0.05) is 201 Å². The molecule has 9 aromatic rings. The van der Waals surface area contributed by atoms with Gasteiger partial charge < -0.3 is 9.80 Å². The van der Waals surface area contributed by atoms with Gasteiger partial charge in [0.1, 0.15) is 0 Å². The Morgan fingerprint density at radius 3 is 1.58 bits per heavy atom. The molecule has 64 heavy (non-hydrogen) atoms. The van der Waals surface area contributed by atoms with Crippen molar-refractivity contribution in [2.45, 2.75) is 5.41 Å². The fourth-order valence-electron chi connectivity index (χ4n) is 9.92. The number of fused-ring (bicyclic) bond motifs is 4. The van der Waals surface area contributed by atoms with Crippen LogP contribution in [0.2, 0.25) is 0 Å². The van der Waals surface area contributed by atoms with Crippen LogP contribution in [0.25, 0.3) is 39.0 Å². The van der Waals surface area contributed by atoms with Crippen molar-refractivity contribution in [3.63, 3.8) is 0 Å². The Morgan fingerprint density at radius 2 is 0.922 bits per heavy atom. The number of allylic oxidation sites excluding steroid dienone is 4. The number of anilines is 5. The molecular weight excluding hydrogens is 773 g/mol. The van der Waals surface area contributed by atoms with Crippen molar-refractivity contribution in [2.24, 2.45) is 0 Å². The number of para-hydroxylation sites is 1. The average molecular weight is 819 g/mol. The third-order valence-corrected chi connectivity index (χ3v) is 12.9. The van der Waals surface area contributed by atoms with Crippen molar-refractivity contribution in [3.05, 3.63) is 289 Å². The van der Waals surface area contributed by atoms with Gasteiger partial charge in [0.15, 0.2) is 0 Å². The van der Waals surface area contributed by atoms with Gasteiger partial charge in [-0.3, -0.25) is 0 Å². The average Bonchev–Trinajstić information content (AvgIpc) is 3.70. The molecule has 0 N–H and O–H groups in total. The molecule has 0 atom stereocenters. The lowest BCUT2D eigenvalue weighted by Crippen LogP contribution is -2.28. The molecule has 0 radical (unpaired) electrons. The van der Waals surface area contributed by atoms with Crippen LogP contribution in [-0.2, 0) is 5.41 Å². The van der Waals surface area contributed by atoms with E-state index in [1.54, 1.807) is 0 Å². The second-order valence-corrected chi connectivity index (χ2v) is 16.5. The normalized spacial score (nSPS) is 14.6. The summed E-state index contributed by atoms with van der Waals surface area (Å²) in [5.41, 5.74) is 19.4. The molecule has 1 heterocycles. The van der Waals surface area contributed by atoms with E-state index in [9.17, 15) is 0 Å². The fourth-order valence-corrected chi connectivity index (χ4v) is 9.92. The highest BCUT2D eigenvalue weighted by atomic mass is 15.1. The predicted octanol–water partition coefficient (Wildman–Crippen LogP) is 16.1. The topological polar surface area (TPSA) is 6.48 Å². The Kier molecular flexibility index (Phi) is 10.0. The second kappa shape index (κ2) is 16.6. The summed E-state index contributed by atoms with van der Waals surface area (Å²) in [6.07, 6.45) is 8.50. The monoisotopic (exact) mass is 818 g/mol. The minimum Gasteiger partial charge on any atom is -0.337 e. The van der Waals surface area contributed by atoms with Crippen molar-refractivity contribution in [1.82, 2.24) is 0 Å². The molecule has 0 unspecified atom stereocenters. The lowest BCUT2D eigenvalue weighted by molar-refractivity contribution is 0.768. The molecule has 1 aliphatic heterocycles. The summed E-state index contributed by atoms with van der Waals surface area (Å²) in [5, 5.41) is 0. The summed E-state index contributed by atoms with van der Waals surface area (Å²) in [6.45, 7) is 5.29. The first-order valence-electron chi connectivity index (χ1n) is 22.1. The van der Waals surface area contributed by atoms with Crippen molar-refractivity contribution in [1.29, 1.82) is 0 Å². The third-order valence-electron chi connectivity index (χ3n) is 12.9. The van der Waals surface area contributed by atoms with E-state index in [2.05, 4.69) is 271 Å². The molecule has 0 saturated heterocycles. The van der Waals surface area contributed by atoms with Gasteiger partial charge in [-0.25, -0.2) is 0 Å². The first kappa shape index (κ1) is 38.7. The molecule has 11 rings (SSSR count). The van der Waals surface area contributed by atoms with Crippen LogP contribution in [0.1, 0.15) is 27.8 Å². The fraction of sp³-hybridized carbons (Fsp3) is 0.0323. The van der Waals surface area contributed by atoms with Crippen LogP contribution >= 0.6 is 0 Å². The minimum absolute atomic E-state index is 0.508. The van der Waals surface area contributed by atoms with Gasteiger partial charge in [0, 0.05) is 40.5 Å². The van der Waals surface area contributed by atoms with Crippen molar-refractivity contribution in [3.8, 4) is 33.4 Å². The molecule has 304 valence electrons. The number of benzene rings is 9. The van der Waals surface area contributed by atoms with Crippen molar-refractivity contribution in [2.75, 3.05) is 16.3 Å². The van der Waals surface area contributed by atoms with Crippen LogP contribution in [-0.4, -0.2) is 6.54 Å². The van der Waals surface area contributed by atoms with E-state index in [0.29, 0.717) is 0 Å². The van der Waals surface area contributed by atoms with Crippen LogP contribution in [0.15, 0.2) is 261 Å². The standard InChI is InChI=1S/C62H46N2/c1-45-19-7-6-18-42-63(52-26-14-5-15-27-52)61-41-34-49(43-58(45)61)48-32-37-54(38-33-48)64(53-35-30-47(31-36-53)46-20-8-2-9-21-46)55-39-40-57-56-28-16-17-29-59(56)62(60(57)44-55,50-22-10-3-11-23-50)51-24-12-4-13-25-51/h2-41,43-44H,1,42H2/b18-6-,19-7-. The Bertz CT molecular complexity index is 3130. The summed E-state index contributed by atoms with van der Waals surface area (Å²) in [6, 6.07) is 84.1. The first-order chi connectivity index (χ1) is 31.7. The third kappa shape index (κ3) is 6.77. The van der Waals surface area contributed by atoms with Gasteiger partial charge in [-0.05, 0) is 122 Å². The van der Waals surface area contributed by atoms with Gasteiger partial charge in [-0.15, -0.1) is 0 Å². The zero-order valence-corrected chi connectivity index (χ0v) is 35.6. The number of hydrogen-bond donors (Lipinski definition) is 0. The largest absolute Gasteiger partial charge is 0.337 e. The van der Waals surface area contributed by atoms with E-state index in [1.807, 2.05) is 0 Å². The highest BCUT2D eigenvalue weighted by molar-refractivity contribution is 5.91. The van der Waals surface area contributed by atoms with Crippen LogP contribution < -0.4 is 9.80 Å². The number of nitrogens with zero attached hydrogens (tertiary/aromatic N) is 2. The van der Waals surface area contributed by atoms with E-state index >= 15 is 0 Å². The Labute approximate surface area is 376 Å². The molecule has 0 amide bonds. The van der Waals surface area contributed by atoms with E-state index in [1.165, 1.54) is 44.5 Å². The highest BCUT2D eigenvalue weighted by Gasteiger charge is 2.46. The molecule has 0 spiro atoms. The van der Waals surface area contributed by atoms with Gasteiger partial charge in [0.05, 0.1) is 5.41 Å². The SMILES string of the molecule is C=C1/C=C\C=C/CN(c2ccccc2)c2ccc(-c3ccc(N(c4ccc(-c5ccccc5)cc4)c4ccc5c(c4)C(c4ccccc4)(c4ccccc4)c4ccccc4-5)cc3)cc21. The maximum Gasteiger partial charge on any atom is 0.0714 e. The van der Waals surface area contributed by atoms with Crippen molar-refractivity contribution < 1.29 is 0 Å². The maximum atomic E-state index is 4.52. The Balaban J connectivity index is 1.05. The second-order valence-electron chi connectivity index (χ2n) is 16.5. The number of rotatable bonds is 8. The first-order valence-corrected chi connectivity index (χ1v) is 22.1. The lowest BCUT2D eigenvalue weighted by atomic mass is 9.67. The van der Waals surface area contributed by atoms with E-state index in [4.69, 9.17) is 0 Å². The molecule has 2 nitrogen and oxygen atoms in total. The highest BCUT2D eigenvalue weighted by Crippen LogP contribution is 2.57. The quantitative estimate of drug-likeness (QED) is 0.151. The molecule has 0 bridgehead atoms. The Morgan fingerprint density at radius 1 is 0.406 bits per heavy atom. The molecule has 2 heteroatoms. The summed E-state index contributed by atoms with van der Waals surface area (Å²) in [5.74, 6) is 0. The van der Waals surface area contributed by atoms with Gasteiger partial charge in [0.25, 0.3) is 0 Å². The van der Waals surface area contributed by atoms with Gasteiger partial charge in [-0.2, -0.15) is 0 Å². The maximum absolute atomic E-state index is 4.52. The zero-order chi connectivity index (χ0) is 42.9. The molecule has 0 aromatic heterocycles. The summed E-state index contributed by atoms with van der Waals surface area (Å²) in [4.78, 5) is 4.77. The van der Waals surface area contributed by atoms with Crippen LogP contribution in [0.4, 0.5) is 28.4 Å². The van der Waals surface area contributed by atoms with Gasteiger partial charge >= 0.3 is 0 Å². The van der Waals surface area contributed by atoms with Crippen LogP contribution in [0.5, 0.6) is 0 Å².